The summed E-state index contributed by atoms with van der Waals surface area (Å²) in [4.78, 5) is 23.3. The van der Waals surface area contributed by atoms with Crippen molar-refractivity contribution < 1.29 is 9.21 Å². The number of nitrogens with zero attached hydrogens (tertiary/aromatic N) is 1. The van der Waals surface area contributed by atoms with Gasteiger partial charge in [0.15, 0.2) is 5.58 Å². The van der Waals surface area contributed by atoms with Gasteiger partial charge < -0.3 is 15.5 Å². The van der Waals surface area contributed by atoms with Crippen LogP contribution in [0.3, 0.4) is 0 Å². The van der Waals surface area contributed by atoms with Crippen molar-refractivity contribution in [1.82, 2.24) is 9.88 Å². The molecule has 1 heterocycles. The molecule has 0 radical (unpaired) electrons. The summed E-state index contributed by atoms with van der Waals surface area (Å²) in [6.45, 7) is 3.63. The molecule has 0 saturated heterocycles. The van der Waals surface area contributed by atoms with Crippen LogP contribution in [0, 0.1) is 0 Å². The van der Waals surface area contributed by atoms with E-state index in [0.29, 0.717) is 16.8 Å². The van der Waals surface area contributed by atoms with E-state index in [1.807, 2.05) is 13.8 Å². The molecular weight excluding hydrogens is 234 g/mol. The van der Waals surface area contributed by atoms with Crippen LogP contribution < -0.4 is 16.8 Å². The van der Waals surface area contributed by atoms with Crippen LogP contribution in [0.2, 0.25) is 0 Å². The summed E-state index contributed by atoms with van der Waals surface area (Å²) in [5, 5.41) is 2.72. The van der Waals surface area contributed by atoms with Crippen LogP contribution in [0.4, 0.5) is 5.69 Å². The number of hydrogen-bond acceptors (Lipinski definition) is 4. The van der Waals surface area contributed by atoms with Gasteiger partial charge in [-0.2, -0.15) is 0 Å². The summed E-state index contributed by atoms with van der Waals surface area (Å²) in [6.07, 6.45) is 0. The maximum atomic E-state index is 11.7. The van der Waals surface area contributed by atoms with E-state index in [2.05, 4.69) is 5.32 Å². The van der Waals surface area contributed by atoms with Gasteiger partial charge in [0.2, 0.25) is 5.91 Å². The van der Waals surface area contributed by atoms with E-state index < -0.39 is 5.76 Å². The fraction of sp³-hybridized carbons (Fsp3) is 0.333. The summed E-state index contributed by atoms with van der Waals surface area (Å²) in [5.74, 6) is -0.799. The van der Waals surface area contributed by atoms with Crippen LogP contribution in [0.5, 0.6) is 0 Å². The minimum absolute atomic E-state index is 0.0245. The van der Waals surface area contributed by atoms with Crippen molar-refractivity contribution in [3.05, 3.63) is 28.7 Å². The van der Waals surface area contributed by atoms with E-state index in [-0.39, 0.29) is 18.5 Å². The zero-order chi connectivity index (χ0) is 13.3. The Morgan fingerprint density at radius 2 is 2.22 bits per heavy atom. The molecule has 0 aliphatic carbocycles. The Balaban J connectivity index is 2.38. The maximum absolute atomic E-state index is 11.7. The SMILES string of the molecule is CC(C)NC(=O)Cn1c(=O)oc2ccc(N)cc21. The molecule has 96 valence electrons. The van der Waals surface area contributed by atoms with E-state index in [1.165, 1.54) is 4.57 Å². The molecule has 6 nitrogen and oxygen atoms in total. The van der Waals surface area contributed by atoms with Gasteiger partial charge in [-0.15, -0.1) is 0 Å². The van der Waals surface area contributed by atoms with E-state index in [4.69, 9.17) is 10.2 Å². The second-order valence-corrected chi connectivity index (χ2v) is 4.40. The Hall–Kier alpha value is -2.24. The first kappa shape index (κ1) is 12.2. The summed E-state index contributed by atoms with van der Waals surface area (Å²) >= 11 is 0. The number of aromatic nitrogens is 1. The van der Waals surface area contributed by atoms with E-state index in [0.717, 1.165) is 0 Å². The summed E-state index contributed by atoms with van der Waals surface area (Å²) in [6, 6.07) is 4.90. The number of rotatable bonds is 3. The zero-order valence-electron chi connectivity index (χ0n) is 10.3. The lowest BCUT2D eigenvalue weighted by molar-refractivity contribution is -0.122. The predicted molar refractivity (Wildman–Crippen MR) is 68.2 cm³/mol. The van der Waals surface area contributed by atoms with Crippen LogP contribution in [0.25, 0.3) is 11.1 Å². The molecule has 6 heteroatoms. The molecule has 0 unspecified atom stereocenters. The minimum Gasteiger partial charge on any atom is -0.408 e. The molecule has 2 rings (SSSR count). The molecule has 0 bridgehead atoms. The van der Waals surface area contributed by atoms with Gasteiger partial charge in [0.25, 0.3) is 0 Å². The Bertz CT molecular complexity index is 640. The smallest absolute Gasteiger partial charge is 0.408 e. The number of anilines is 1. The van der Waals surface area contributed by atoms with Gasteiger partial charge in [0, 0.05) is 11.7 Å². The number of carbonyl (C=O) groups is 1. The van der Waals surface area contributed by atoms with Crippen LogP contribution in [0.15, 0.2) is 27.4 Å². The Morgan fingerprint density at radius 3 is 2.89 bits per heavy atom. The summed E-state index contributed by atoms with van der Waals surface area (Å²) < 4.78 is 6.30. The van der Waals surface area contributed by atoms with Crippen LogP contribution in [-0.4, -0.2) is 16.5 Å². The van der Waals surface area contributed by atoms with Gasteiger partial charge in [-0.05, 0) is 32.0 Å². The number of nitrogen functional groups attached to an aromatic ring is 1. The fourth-order valence-corrected chi connectivity index (χ4v) is 1.74. The Kier molecular flexibility index (Phi) is 3.10. The van der Waals surface area contributed by atoms with Crippen LogP contribution in [-0.2, 0) is 11.3 Å². The lowest BCUT2D eigenvalue weighted by atomic mass is 10.3. The molecule has 0 spiro atoms. The van der Waals surface area contributed by atoms with Gasteiger partial charge in [0.1, 0.15) is 6.54 Å². The highest BCUT2D eigenvalue weighted by Crippen LogP contribution is 2.16. The number of benzene rings is 1. The van der Waals surface area contributed by atoms with E-state index in [1.54, 1.807) is 18.2 Å². The first-order valence-electron chi connectivity index (χ1n) is 5.65. The largest absolute Gasteiger partial charge is 0.420 e. The monoisotopic (exact) mass is 249 g/mol. The highest BCUT2D eigenvalue weighted by molar-refractivity contribution is 5.81. The lowest BCUT2D eigenvalue weighted by Crippen LogP contribution is -2.35. The van der Waals surface area contributed by atoms with Gasteiger partial charge in [0.05, 0.1) is 5.52 Å². The third-order valence-corrected chi connectivity index (χ3v) is 2.44. The third-order valence-electron chi connectivity index (χ3n) is 2.44. The topological polar surface area (TPSA) is 90.3 Å². The van der Waals surface area contributed by atoms with Crippen molar-refractivity contribution >= 4 is 22.7 Å². The maximum Gasteiger partial charge on any atom is 0.420 e. The number of oxazole rings is 1. The second-order valence-electron chi connectivity index (χ2n) is 4.40. The zero-order valence-corrected chi connectivity index (χ0v) is 10.3. The molecule has 0 fully saturated rings. The highest BCUT2D eigenvalue weighted by Gasteiger charge is 2.13. The molecule has 1 amide bonds. The summed E-state index contributed by atoms with van der Waals surface area (Å²) in [7, 11) is 0. The molecular formula is C12H15N3O3. The van der Waals surface area contributed by atoms with E-state index >= 15 is 0 Å². The summed E-state index contributed by atoms with van der Waals surface area (Å²) in [5.41, 5.74) is 7.12. The van der Waals surface area contributed by atoms with Crippen molar-refractivity contribution in [1.29, 1.82) is 0 Å². The average Bonchev–Trinajstić information content (AvgIpc) is 2.55. The first-order valence-corrected chi connectivity index (χ1v) is 5.65. The molecule has 2 aromatic rings. The quantitative estimate of drug-likeness (QED) is 0.783. The number of fused-ring (bicyclic) bond motifs is 1. The van der Waals surface area contributed by atoms with Gasteiger partial charge in [-0.25, -0.2) is 4.79 Å². The van der Waals surface area contributed by atoms with Crippen LogP contribution in [0.1, 0.15) is 13.8 Å². The minimum atomic E-state index is -0.561. The van der Waals surface area contributed by atoms with Crippen molar-refractivity contribution in [3.63, 3.8) is 0 Å². The number of nitrogens with one attached hydrogen (secondary N) is 1. The molecule has 0 aliphatic rings. The van der Waals surface area contributed by atoms with Crippen LogP contribution >= 0.6 is 0 Å². The molecule has 0 atom stereocenters. The second kappa shape index (κ2) is 4.56. The number of carbonyl (C=O) groups excluding carboxylic acids is 1. The number of hydrogen-bond donors (Lipinski definition) is 2. The molecule has 1 aromatic heterocycles. The third kappa shape index (κ3) is 2.37. The Labute approximate surface area is 103 Å². The van der Waals surface area contributed by atoms with E-state index in [9.17, 15) is 9.59 Å². The van der Waals surface area contributed by atoms with Crippen molar-refractivity contribution in [2.24, 2.45) is 0 Å². The first-order chi connectivity index (χ1) is 8.47. The molecule has 0 aliphatic heterocycles. The molecule has 1 aromatic carbocycles. The number of amides is 1. The normalized spacial score (nSPS) is 11.1. The highest BCUT2D eigenvalue weighted by atomic mass is 16.4. The van der Waals surface area contributed by atoms with Gasteiger partial charge in [-0.1, -0.05) is 0 Å². The number of nitrogens with two attached hydrogens (primary N) is 1. The predicted octanol–water partition coefficient (Wildman–Crippen LogP) is 0.701. The average molecular weight is 249 g/mol. The lowest BCUT2D eigenvalue weighted by Gasteiger charge is -2.08. The standard InChI is InChI=1S/C12H15N3O3/c1-7(2)14-11(16)6-15-9-5-8(13)3-4-10(9)18-12(15)17/h3-5,7H,6,13H2,1-2H3,(H,14,16). The Morgan fingerprint density at radius 1 is 1.50 bits per heavy atom. The van der Waals surface area contributed by atoms with Crippen molar-refractivity contribution in [3.8, 4) is 0 Å². The fourth-order valence-electron chi connectivity index (χ4n) is 1.74. The van der Waals surface area contributed by atoms with Gasteiger partial charge >= 0.3 is 5.76 Å². The molecule has 3 N–H and O–H groups in total. The molecule has 18 heavy (non-hydrogen) atoms. The van der Waals surface area contributed by atoms with Gasteiger partial charge in [-0.3, -0.25) is 9.36 Å². The van der Waals surface area contributed by atoms with Crippen molar-refractivity contribution in [2.45, 2.75) is 26.4 Å². The van der Waals surface area contributed by atoms with Crippen molar-refractivity contribution in [2.75, 3.05) is 5.73 Å². The molecule has 0 saturated carbocycles.